The maximum absolute atomic E-state index is 12.1. The smallest absolute Gasteiger partial charge is 0.319 e. The van der Waals surface area contributed by atoms with E-state index in [2.05, 4.69) is 21.6 Å². The normalized spacial score (nSPS) is 14.3. The quantitative estimate of drug-likeness (QED) is 0.891. The summed E-state index contributed by atoms with van der Waals surface area (Å²) in [5.41, 5.74) is 2.89. The number of anilines is 2. The van der Waals surface area contributed by atoms with E-state index in [9.17, 15) is 4.79 Å². The Labute approximate surface area is 146 Å². The average molecular weight is 346 g/mol. The number of ether oxygens (including phenoxy) is 1. The SMILES string of the molecule is O=C(NCc1ccccc1N1CCOCC1)Nc1cccc(Cl)c1. The Bertz CT molecular complexity index is 702. The lowest BCUT2D eigenvalue weighted by molar-refractivity contribution is 0.122. The molecule has 0 aliphatic carbocycles. The number of hydrogen-bond donors (Lipinski definition) is 2. The fourth-order valence-electron chi connectivity index (χ4n) is 2.69. The molecule has 5 nitrogen and oxygen atoms in total. The Balaban J connectivity index is 1.61. The first-order valence-corrected chi connectivity index (χ1v) is 8.31. The molecule has 0 radical (unpaired) electrons. The van der Waals surface area contributed by atoms with Gasteiger partial charge in [0.25, 0.3) is 0 Å². The summed E-state index contributed by atoms with van der Waals surface area (Å²) in [5, 5.41) is 6.27. The van der Waals surface area contributed by atoms with Gasteiger partial charge in [-0.2, -0.15) is 0 Å². The van der Waals surface area contributed by atoms with Crippen molar-refractivity contribution in [2.24, 2.45) is 0 Å². The second-order valence-corrected chi connectivity index (χ2v) is 5.98. The number of halogens is 1. The summed E-state index contributed by atoms with van der Waals surface area (Å²) in [4.78, 5) is 14.4. The van der Waals surface area contributed by atoms with Gasteiger partial charge in [-0.3, -0.25) is 0 Å². The molecule has 126 valence electrons. The number of para-hydroxylation sites is 1. The molecule has 2 aromatic rings. The van der Waals surface area contributed by atoms with Gasteiger partial charge in [-0.1, -0.05) is 35.9 Å². The Morgan fingerprint density at radius 1 is 1.12 bits per heavy atom. The summed E-state index contributed by atoms with van der Waals surface area (Å²) in [7, 11) is 0. The lowest BCUT2D eigenvalue weighted by Crippen LogP contribution is -2.37. The Morgan fingerprint density at radius 2 is 1.92 bits per heavy atom. The van der Waals surface area contributed by atoms with Crippen molar-refractivity contribution in [3.63, 3.8) is 0 Å². The summed E-state index contributed by atoms with van der Waals surface area (Å²) in [6.45, 7) is 3.66. The Kier molecular flexibility index (Phi) is 5.56. The average Bonchev–Trinajstić information content (AvgIpc) is 2.61. The Hall–Kier alpha value is -2.24. The molecular weight excluding hydrogens is 326 g/mol. The van der Waals surface area contributed by atoms with Crippen molar-refractivity contribution < 1.29 is 9.53 Å². The number of nitrogens with zero attached hydrogens (tertiary/aromatic N) is 1. The first-order valence-electron chi connectivity index (χ1n) is 7.93. The third-order valence-electron chi connectivity index (χ3n) is 3.87. The van der Waals surface area contributed by atoms with E-state index >= 15 is 0 Å². The van der Waals surface area contributed by atoms with E-state index in [1.165, 1.54) is 0 Å². The first-order chi connectivity index (χ1) is 11.7. The molecule has 24 heavy (non-hydrogen) atoms. The molecule has 1 aliphatic heterocycles. The van der Waals surface area contributed by atoms with E-state index in [0.717, 1.165) is 37.6 Å². The van der Waals surface area contributed by atoms with E-state index in [4.69, 9.17) is 16.3 Å². The number of nitrogens with one attached hydrogen (secondary N) is 2. The van der Waals surface area contributed by atoms with Crippen molar-refractivity contribution in [1.82, 2.24) is 5.32 Å². The van der Waals surface area contributed by atoms with Gasteiger partial charge in [-0.25, -0.2) is 4.79 Å². The van der Waals surface area contributed by atoms with Crippen LogP contribution in [-0.4, -0.2) is 32.3 Å². The highest BCUT2D eigenvalue weighted by Gasteiger charge is 2.14. The first kappa shape index (κ1) is 16.6. The number of rotatable bonds is 4. The fourth-order valence-corrected chi connectivity index (χ4v) is 2.88. The van der Waals surface area contributed by atoms with Crippen LogP contribution >= 0.6 is 11.6 Å². The van der Waals surface area contributed by atoms with Gasteiger partial charge in [-0.15, -0.1) is 0 Å². The molecule has 6 heteroatoms. The molecule has 1 heterocycles. The van der Waals surface area contributed by atoms with Crippen LogP contribution in [0.4, 0.5) is 16.2 Å². The van der Waals surface area contributed by atoms with Crippen molar-refractivity contribution in [2.45, 2.75) is 6.54 Å². The minimum atomic E-state index is -0.256. The zero-order valence-electron chi connectivity index (χ0n) is 13.3. The number of benzene rings is 2. The largest absolute Gasteiger partial charge is 0.378 e. The van der Waals surface area contributed by atoms with Crippen LogP contribution in [-0.2, 0) is 11.3 Å². The van der Waals surface area contributed by atoms with E-state index < -0.39 is 0 Å². The maximum atomic E-state index is 12.1. The Morgan fingerprint density at radius 3 is 2.71 bits per heavy atom. The molecule has 1 saturated heterocycles. The third kappa shape index (κ3) is 4.40. The van der Waals surface area contributed by atoms with Crippen molar-refractivity contribution in [3.8, 4) is 0 Å². The van der Waals surface area contributed by atoms with E-state index in [1.807, 2.05) is 18.2 Å². The number of amides is 2. The zero-order chi connectivity index (χ0) is 16.8. The highest BCUT2D eigenvalue weighted by Crippen LogP contribution is 2.21. The van der Waals surface area contributed by atoms with Gasteiger partial charge < -0.3 is 20.3 Å². The lowest BCUT2D eigenvalue weighted by atomic mass is 10.1. The van der Waals surface area contributed by atoms with Crippen LogP contribution in [0.2, 0.25) is 5.02 Å². The lowest BCUT2D eigenvalue weighted by Gasteiger charge is -2.30. The van der Waals surface area contributed by atoms with Gasteiger partial charge in [0.1, 0.15) is 0 Å². The fraction of sp³-hybridized carbons (Fsp3) is 0.278. The third-order valence-corrected chi connectivity index (χ3v) is 4.10. The molecule has 0 unspecified atom stereocenters. The number of carbonyl (C=O) groups is 1. The maximum Gasteiger partial charge on any atom is 0.319 e. The summed E-state index contributed by atoms with van der Waals surface area (Å²) in [6, 6.07) is 14.9. The minimum absolute atomic E-state index is 0.256. The molecule has 2 amide bonds. The van der Waals surface area contributed by atoms with Gasteiger partial charge >= 0.3 is 6.03 Å². The summed E-state index contributed by atoms with van der Waals surface area (Å²) < 4.78 is 5.40. The molecule has 0 bridgehead atoms. The standard InChI is InChI=1S/C18H20ClN3O2/c19-15-5-3-6-16(12-15)21-18(23)20-13-14-4-1-2-7-17(14)22-8-10-24-11-9-22/h1-7,12H,8-11,13H2,(H2,20,21,23). The molecule has 0 atom stereocenters. The molecule has 0 spiro atoms. The van der Waals surface area contributed by atoms with Crippen LogP contribution in [0.3, 0.4) is 0 Å². The van der Waals surface area contributed by atoms with Gasteiger partial charge in [0.15, 0.2) is 0 Å². The topological polar surface area (TPSA) is 53.6 Å². The van der Waals surface area contributed by atoms with E-state index in [1.54, 1.807) is 24.3 Å². The number of hydrogen-bond acceptors (Lipinski definition) is 3. The number of urea groups is 1. The number of carbonyl (C=O) groups excluding carboxylic acids is 1. The summed E-state index contributed by atoms with van der Waals surface area (Å²) in [6.07, 6.45) is 0. The van der Waals surface area contributed by atoms with Crippen LogP contribution in [0.1, 0.15) is 5.56 Å². The predicted octanol–water partition coefficient (Wildman–Crippen LogP) is 3.50. The van der Waals surface area contributed by atoms with Gasteiger partial charge in [0.2, 0.25) is 0 Å². The molecule has 2 N–H and O–H groups in total. The van der Waals surface area contributed by atoms with Gasteiger partial charge in [0, 0.05) is 36.0 Å². The van der Waals surface area contributed by atoms with Crippen molar-refractivity contribution in [2.75, 3.05) is 36.5 Å². The van der Waals surface area contributed by atoms with E-state index in [-0.39, 0.29) is 6.03 Å². The zero-order valence-corrected chi connectivity index (χ0v) is 14.1. The van der Waals surface area contributed by atoms with Crippen molar-refractivity contribution in [3.05, 3.63) is 59.1 Å². The van der Waals surface area contributed by atoms with Crippen LogP contribution < -0.4 is 15.5 Å². The number of morpholine rings is 1. The molecule has 2 aromatic carbocycles. The van der Waals surface area contributed by atoms with Crippen LogP contribution in [0.5, 0.6) is 0 Å². The second-order valence-electron chi connectivity index (χ2n) is 5.55. The molecule has 1 fully saturated rings. The molecular formula is C18H20ClN3O2. The molecule has 1 aliphatic rings. The van der Waals surface area contributed by atoms with Gasteiger partial charge in [0.05, 0.1) is 13.2 Å². The monoisotopic (exact) mass is 345 g/mol. The van der Waals surface area contributed by atoms with Gasteiger partial charge in [-0.05, 0) is 29.8 Å². The molecule has 0 saturated carbocycles. The van der Waals surface area contributed by atoms with E-state index in [0.29, 0.717) is 17.3 Å². The van der Waals surface area contributed by atoms with Crippen LogP contribution in [0.25, 0.3) is 0 Å². The highest BCUT2D eigenvalue weighted by molar-refractivity contribution is 6.30. The highest BCUT2D eigenvalue weighted by atomic mass is 35.5. The van der Waals surface area contributed by atoms with Crippen LogP contribution in [0, 0.1) is 0 Å². The summed E-state index contributed by atoms with van der Waals surface area (Å²) >= 11 is 5.92. The molecule has 0 aromatic heterocycles. The van der Waals surface area contributed by atoms with Crippen molar-refractivity contribution >= 4 is 29.0 Å². The predicted molar refractivity (Wildman–Crippen MR) is 96.8 cm³/mol. The second kappa shape index (κ2) is 8.04. The summed E-state index contributed by atoms with van der Waals surface area (Å²) in [5.74, 6) is 0. The minimum Gasteiger partial charge on any atom is -0.378 e. The van der Waals surface area contributed by atoms with Crippen molar-refractivity contribution in [1.29, 1.82) is 0 Å². The van der Waals surface area contributed by atoms with Crippen LogP contribution in [0.15, 0.2) is 48.5 Å². The molecule has 3 rings (SSSR count).